The van der Waals surface area contributed by atoms with Gasteiger partial charge in [-0.2, -0.15) is 4.57 Å². The van der Waals surface area contributed by atoms with Crippen LogP contribution in [0.1, 0.15) is 18.9 Å². The van der Waals surface area contributed by atoms with E-state index >= 15 is 0 Å². The molecule has 2 rings (SSSR count). The minimum absolute atomic E-state index is 1.10. The van der Waals surface area contributed by atoms with Crippen LogP contribution in [0.25, 0.3) is 10.9 Å². The fraction of sp³-hybridized carbons (Fsp3) is 0.308. The molecule has 72 valence electrons. The number of aromatic nitrogens is 1. The number of para-hydroxylation sites is 1. The third-order valence-corrected chi connectivity index (χ3v) is 2.61. The second-order valence-corrected chi connectivity index (χ2v) is 3.71. The topological polar surface area (TPSA) is 3.88 Å². The smallest absolute Gasteiger partial charge is 0.198 e. The van der Waals surface area contributed by atoms with E-state index in [0.717, 1.165) is 6.54 Å². The highest BCUT2D eigenvalue weighted by molar-refractivity contribution is 5.78. The standard InChI is InChI=1S/C13H16N/c1-3-9-14-10-8-11(2)12-6-4-5-7-13(12)14/h4-8,10H,3,9H2,1-2H3/q+1. The Morgan fingerprint density at radius 2 is 1.93 bits per heavy atom. The van der Waals surface area contributed by atoms with Crippen LogP contribution in [0.4, 0.5) is 0 Å². The summed E-state index contributed by atoms with van der Waals surface area (Å²) in [5.41, 5.74) is 2.70. The third-order valence-electron chi connectivity index (χ3n) is 2.61. The molecule has 1 nitrogen and oxygen atoms in total. The van der Waals surface area contributed by atoms with Gasteiger partial charge in [-0.1, -0.05) is 19.1 Å². The van der Waals surface area contributed by atoms with Crippen molar-refractivity contribution in [1.29, 1.82) is 0 Å². The van der Waals surface area contributed by atoms with E-state index in [1.165, 1.54) is 22.9 Å². The molecule has 0 saturated carbocycles. The molecule has 14 heavy (non-hydrogen) atoms. The SMILES string of the molecule is CCC[n+]1ccc(C)c2ccccc21. The fourth-order valence-corrected chi connectivity index (χ4v) is 1.87. The van der Waals surface area contributed by atoms with E-state index in [9.17, 15) is 0 Å². The van der Waals surface area contributed by atoms with Crippen molar-refractivity contribution in [3.8, 4) is 0 Å². The maximum absolute atomic E-state index is 2.32. The van der Waals surface area contributed by atoms with Crippen LogP contribution < -0.4 is 4.57 Å². The minimum Gasteiger partial charge on any atom is -0.198 e. The molecule has 0 aliphatic heterocycles. The Hall–Kier alpha value is -1.37. The van der Waals surface area contributed by atoms with Gasteiger partial charge in [0.1, 0.15) is 6.54 Å². The summed E-state index contributed by atoms with van der Waals surface area (Å²) in [5.74, 6) is 0. The molecule has 0 fully saturated rings. The van der Waals surface area contributed by atoms with Gasteiger partial charge in [-0.3, -0.25) is 0 Å². The zero-order valence-electron chi connectivity index (χ0n) is 8.83. The van der Waals surface area contributed by atoms with E-state index < -0.39 is 0 Å². The van der Waals surface area contributed by atoms with E-state index in [2.05, 4.69) is 54.9 Å². The summed E-state index contributed by atoms with van der Waals surface area (Å²) in [6.45, 7) is 5.47. The molecule has 2 aromatic rings. The monoisotopic (exact) mass is 186 g/mol. The molecule has 0 N–H and O–H groups in total. The molecule has 1 heteroatoms. The van der Waals surface area contributed by atoms with Crippen LogP contribution in [0.15, 0.2) is 36.5 Å². The number of rotatable bonds is 2. The summed E-state index contributed by atoms with van der Waals surface area (Å²) < 4.78 is 2.32. The second-order valence-electron chi connectivity index (χ2n) is 3.71. The highest BCUT2D eigenvalue weighted by Crippen LogP contribution is 2.13. The van der Waals surface area contributed by atoms with Crippen molar-refractivity contribution in [3.63, 3.8) is 0 Å². The number of nitrogens with zero attached hydrogens (tertiary/aromatic N) is 1. The molecule has 0 radical (unpaired) electrons. The van der Waals surface area contributed by atoms with Gasteiger partial charge >= 0.3 is 0 Å². The molecule has 0 bridgehead atoms. The summed E-state index contributed by atoms with van der Waals surface area (Å²) in [7, 11) is 0. The highest BCUT2D eigenvalue weighted by atomic mass is 14.9. The Labute approximate surface area is 85.0 Å². The second kappa shape index (κ2) is 3.79. The lowest BCUT2D eigenvalue weighted by molar-refractivity contribution is -0.671. The van der Waals surface area contributed by atoms with E-state index in [-0.39, 0.29) is 0 Å². The molecular weight excluding hydrogens is 170 g/mol. The van der Waals surface area contributed by atoms with Gasteiger partial charge in [0.15, 0.2) is 6.20 Å². The van der Waals surface area contributed by atoms with E-state index in [4.69, 9.17) is 0 Å². The lowest BCUT2D eigenvalue weighted by Crippen LogP contribution is -2.33. The van der Waals surface area contributed by atoms with Crippen molar-refractivity contribution in [2.75, 3.05) is 0 Å². The summed E-state index contributed by atoms with van der Waals surface area (Å²) in [5, 5.41) is 1.36. The number of hydrogen-bond donors (Lipinski definition) is 0. The van der Waals surface area contributed by atoms with Crippen LogP contribution in [-0.4, -0.2) is 0 Å². The molecule has 1 heterocycles. The summed E-state index contributed by atoms with van der Waals surface area (Å²) in [4.78, 5) is 0. The van der Waals surface area contributed by atoms with E-state index in [0.29, 0.717) is 0 Å². The Balaban J connectivity index is 2.68. The summed E-state index contributed by atoms with van der Waals surface area (Å²) >= 11 is 0. The first-order chi connectivity index (χ1) is 6.83. The van der Waals surface area contributed by atoms with Crippen LogP contribution in [0, 0.1) is 6.92 Å². The largest absolute Gasteiger partial charge is 0.212 e. The molecule has 0 aliphatic carbocycles. The maximum atomic E-state index is 2.32. The van der Waals surface area contributed by atoms with Crippen molar-refractivity contribution in [3.05, 3.63) is 42.1 Å². The van der Waals surface area contributed by atoms with Crippen LogP contribution in [0.2, 0.25) is 0 Å². The Morgan fingerprint density at radius 3 is 2.71 bits per heavy atom. The van der Waals surface area contributed by atoms with Gasteiger partial charge in [0, 0.05) is 23.9 Å². The predicted molar refractivity (Wildman–Crippen MR) is 59.2 cm³/mol. The average molecular weight is 186 g/mol. The molecular formula is C13H16N+. The van der Waals surface area contributed by atoms with Crippen molar-refractivity contribution in [2.45, 2.75) is 26.8 Å². The molecule has 0 unspecified atom stereocenters. The Kier molecular flexibility index (Phi) is 2.49. The number of benzene rings is 1. The molecule has 0 amide bonds. The molecule has 1 aromatic heterocycles. The molecule has 0 spiro atoms. The van der Waals surface area contributed by atoms with Gasteiger partial charge in [0.05, 0.1) is 0 Å². The van der Waals surface area contributed by atoms with Gasteiger partial charge < -0.3 is 0 Å². The molecule has 0 atom stereocenters. The minimum atomic E-state index is 1.10. The average Bonchev–Trinajstić information content (AvgIpc) is 2.23. The quantitative estimate of drug-likeness (QED) is 0.635. The van der Waals surface area contributed by atoms with Crippen molar-refractivity contribution < 1.29 is 4.57 Å². The van der Waals surface area contributed by atoms with E-state index in [1.54, 1.807) is 0 Å². The van der Waals surface area contributed by atoms with Crippen LogP contribution >= 0.6 is 0 Å². The zero-order chi connectivity index (χ0) is 9.97. The van der Waals surface area contributed by atoms with Gasteiger partial charge in [-0.25, -0.2) is 0 Å². The molecule has 1 aromatic carbocycles. The van der Waals surface area contributed by atoms with Gasteiger partial charge in [-0.15, -0.1) is 0 Å². The Bertz CT molecular complexity index is 446. The number of aryl methyl sites for hydroxylation is 2. The number of fused-ring (bicyclic) bond motifs is 1. The van der Waals surface area contributed by atoms with Crippen molar-refractivity contribution in [2.24, 2.45) is 0 Å². The first-order valence-corrected chi connectivity index (χ1v) is 5.20. The fourth-order valence-electron chi connectivity index (χ4n) is 1.87. The number of hydrogen-bond acceptors (Lipinski definition) is 0. The van der Waals surface area contributed by atoms with Crippen molar-refractivity contribution >= 4 is 10.9 Å². The van der Waals surface area contributed by atoms with E-state index in [1.807, 2.05) is 0 Å². The lowest BCUT2D eigenvalue weighted by Gasteiger charge is -2.02. The zero-order valence-corrected chi connectivity index (χ0v) is 8.83. The van der Waals surface area contributed by atoms with Gasteiger partial charge in [-0.05, 0) is 18.6 Å². The predicted octanol–water partition coefficient (Wildman–Crippen LogP) is 2.85. The molecule has 0 aliphatic rings. The van der Waals surface area contributed by atoms with Crippen LogP contribution in [0.3, 0.4) is 0 Å². The first kappa shape index (κ1) is 9.20. The summed E-state index contributed by atoms with van der Waals surface area (Å²) in [6.07, 6.45) is 3.36. The van der Waals surface area contributed by atoms with Crippen LogP contribution in [0.5, 0.6) is 0 Å². The first-order valence-electron chi connectivity index (χ1n) is 5.20. The van der Waals surface area contributed by atoms with Gasteiger partial charge in [0.25, 0.3) is 0 Å². The maximum Gasteiger partial charge on any atom is 0.212 e. The molecule has 0 saturated heterocycles. The summed E-state index contributed by atoms with van der Waals surface area (Å²) in [6, 6.07) is 10.8. The highest BCUT2D eigenvalue weighted by Gasteiger charge is 2.07. The van der Waals surface area contributed by atoms with Crippen molar-refractivity contribution in [1.82, 2.24) is 0 Å². The Morgan fingerprint density at radius 1 is 1.14 bits per heavy atom. The van der Waals surface area contributed by atoms with Crippen LogP contribution in [-0.2, 0) is 6.54 Å². The van der Waals surface area contributed by atoms with Gasteiger partial charge in [0.2, 0.25) is 5.52 Å². The normalized spacial score (nSPS) is 10.7. The lowest BCUT2D eigenvalue weighted by atomic mass is 10.1. The third kappa shape index (κ3) is 1.50. The number of pyridine rings is 1.